The predicted molar refractivity (Wildman–Crippen MR) is 122 cm³/mol. The van der Waals surface area contributed by atoms with E-state index in [0.29, 0.717) is 22.7 Å². The fourth-order valence-corrected chi connectivity index (χ4v) is 4.07. The summed E-state index contributed by atoms with van der Waals surface area (Å²) in [6.07, 6.45) is 0.0360. The van der Waals surface area contributed by atoms with Gasteiger partial charge >= 0.3 is 0 Å². The number of nitrogens with one attached hydrogen (secondary N) is 1. The maximum Gasteiger partial charge on any atom is 0.255 e. The van der Waals surface area contributed by atoms with E-state index in [1.807, 2.05) is 56.3 Å². The summed E-state index contributed by atoms with van der Waals surface area (Å²) in [5.41, 5.74) is 2.99. The lowest BCUT2D eigenvalue weighted by Crippen LogP contribution is -2.13. The van der Waals surface area contributed by atoms with E-state index in [2.05, 4.69) is 11.4 Å². The number of nitrogens with zero attached hydrogens (tertiary/aromatic N) is 1. The zero-order valence-corrected chi connectivity index (χ0v) is 17.8. The van der Waals surface area contributed by atoms with Gasteiger partial charge in [0.2, 0.25) is 0 Å². The molecule has 0 saturated carbocycles. The van der Waals surface area contributed by atoms with E-state index in [1.54, 1.807) is 36.6 Å². The minimum absolute atomic E-state index is 0.0360. The summed E-state index contributed by atoms with van der Waals surface area (Å²) in [7, 11) is 1.58. The number of aromatic nitrogens is 1. The average molecular weight is 419 g/mol. The van der Waals surface area contributed by atoms with Crippen molar-refractivity contribution >= 4 is 33.1 Å². The molecule has 4 rings (SSSR count). The SMILES string of the molecule is COc1ccc(-c2nc3ccccc3s2)cc1NC(=O)c1cccc(OC(C)C)c1. The lowest BCUT2D eigenvalue weighted by molar-refractivity contribution is 0.102. The number of thiazole rings is 1. The number of hydrogen-bond acceptors (Lipinski definition) is 5. The van der Waals surface area contributed by atoms with Crippen molar-refractivity contribution in [2.75, 3.05) is 12.4 Å². The molecule has 0 aliphatic heterocycles. The number of carbonyl (C=O) groups is 1. The smallest absolute Gasteiger partial charge is 0.255 e. The summed E-state index contributed by atoms with van der Waals surface area (Å²) in [4.78, 5) is 17.6. The molecule has 0 spiro atoms. The Labute approximate surface area is 179 Å². The molecule has 0 bridgehead atoms. The molecule has 1 N–H and O–H groups in total. The summed E-state index contributed by atoms with van der Waals surface area (Å²) in [6, 6.07) is 20.8. The van der Waals surface area contributed by atoms with Crippen LogP contribution in [0.2, 0.25) is 0 Å². The molecule has 5 nitrogen and oxygen atoms in total. The number of para-hydroxylation sites is 1. The Bertz CT molecular complexity index is 1170. The van der Waals surface area contributed by atoms with Gasteiger partial charge in [-0.2, -0.15) is 0 Å². The molecule has 0 aliphatic rings. The minimum Gasteiger partial charge on any atom is -0.495 e. The van der Waals surface area contributed by atoms with Crippen LogP contribution in [0.1, 0.15) is 24.2 Å². The van der Waals surface area contributed by atoms with Crippen LogP contribution in [0.15, 0.2) is 66.7 Å². The van der Waals surface area contributed by atoms with Crippen LogP contribution in [0.25, 0.3) is 20.8 Å². The second-order valence-electron chi connectivity index (χ2n) is 7.05. The van der Waals surface area contributed by atoms with Crippen molar-refractivity contribution in [3.8, 4) is 22.1 Å². The van der Waals surface area contributed by atoms with Gasteiger partial charge in [0.15, 0.2) is 0 Å². The van der Waals surface area contributed by atoms with Crippen LogP contribution in [-0.2, 0) is 0 Å². The number of ether oxygens (including phenoxy) is 2. The highest BCUT2D eigenvalue weighted by atomic mass is 32.1. The van der Waals surface area contributed by atoms with Crippen LogP contribution in [0.5, 0.6) is 11.5 Å². The van der Waals surface area contributed by atoms with E-state index in [0.717, 1.165) is 20.8 Å². The molecule has 1 aromatic heterocycles. The van der Waals surface area contributed by atoms with E-state index in [-0.39, 0.29) is 12.0 Å². The molecule has 0 saturated heterocycles. The molecule has 0 fully saturated rings. The largest absolute Gasteiger partial charge is 0.495 e. The highest BCUT2D eigenvalue weighted by molar-refractivity contribution is 7.21. The first-order chi connectivity index (χ1) is 14.5. The number of fused-ring (bicyclic) bond motifs is 1. The Balaban J connectivity index is 1.63. The zero-order chi connectivity index (χ0) is 21.1. The summed E-state index contributed by atoms with van der Waals surface area (Å²) < 4.78 is 12.3. The van der Waals surface area contributed by atoms with Gasteiger partial charge in [-0.3, -0.25) is 4.79 Å². The molecular formula is C24H22N2O3S. The Morgan fingerprint density at radius 2 is 1.87 bits per heavy atom. The van der Waals surface area contributed by atoms with Crippen molar-refractivity contribution in [1.82, 2.24) is 4.98 Å². The van der Waals surface area contributed by atoms with E-state index < -0.39 is 0 Å². The normalized spacial score (nSPS) is 10.9. The highest BCUT2D eigenvalue weighted by Crippen LogP contribution is 2.35. The first-order valence-electron chi connectivity index (χ1n) is 9.65. The van der Waals surface area contributed by atoms with Gasteiger partial charge in [-0.15, -0.1) is 11.3 Å². The molecule has 0 aliphatic carbocycles. The number of hydrogen-bond donors (Lipinski definition) is 1. The number of rotatable bonds is 6. The van der Waals surface area contributed by atoms with Gasteiger partial charge in [0, 0.05) is 11.1 Å². The lowest BCUT2D eigenvalue weighted by Gasteiger charge is -2.13. The van der Waals surface area contributed by atoms with Crippen molar-refractivity contribution in [2.45, 2.75) is 20.0 Å². The predicted octanol–water partition coefficient (Wildman–Crippen LogP) is 6.01. The molecular weight excluding hydrogens is 396 g/mol. The monoisotopic (exact) mass is 418 g/mol. The van der Waals surface area contributed by atoms with Crippen LogP contribution in [0.4, 0.5) is 5.69 Å². The molecule has 1 heterocycles. The summed E-state index contributed by atoms with van der Waals surface area (Å²) in [6.45, 7) is 3.90. The van der Waals surface area contributed by atoms with Crippen LogP contribution < -0.4 is 14.8 Å². The quantitative estimate of drug-likeness (QED) is 0.416. The Morgan fingerprint density at radius 3 is 2.63 bits per heavy atom. The topological polar surface area (TPSA) is 60.5 Å². The Hall–Kier alpha value is -3.38. The van der Waals surface area contributed by atoms with E-state index in [9.17, 15) is 4.79 Å². The van der Waals surface area contributed by atoms with E-state index >= 15 is 0 Å². The molecule has 1 amide bonds. The third-order valence-electron chi connectivity index (χ3n) is 4.46. The maximum atomic E-state index is 12.9. The van der Waals surface area contributed by atoms with Crippen LogP contribution in [-0.4, -0.2) is 24.1 Å². The van der Waals surface area contributed by atoms with Crippen LogP contribution >= 0.6 is 11.3 Å². The lowest BCUT2D eigenvalue weighted by atomic mass is 10.1. The van der Waals surface area contributed by atoms with Crippen molar-refractivity contribution in [3.63, 3.8) is 0 Å². The third kappa shape index (κ3) is 4.28. The molecule has 0 radical (unpaired) electrons. The van der Waals surface area contributed by atoms with E-state index in [1.165, 1.54) is 0 Å². The second-order valence-corrected chi connectivity index (χ2v) is 8.08. The molecule has 3 aromatic carbocycles. The summed E-state index contributed by atoms with van der Waals surface area (Å²) >= 11 is 1.61. The molecule has 4 aromatic rings. The van der Waals surface area contributed by atoms with Gasteiger partial charge in [-0.05, 0) is 62.4 Å². The summed E-state index contributed by atoms with van der Waals surface area (Å²) in [5.74, 6) is 1.01. The van der Waals surface area contributed by atoms with Gasteiger partial charge in [-0.1, -0.05) is 18.2 Å². The number of carbonyl (C=O) groups excluding carboxylic acids is 1. The first-order valence-corrected chi connectivity index (χ1v) is 10.5. The van der Waals surface area contributed by atoms with Gasteiger partial charge in [0.25, 0.3) is 5.91 Å². The van der Waals surface area contributed by atoms with E-state index in [4.69, 9.17) is 14.5 Å². The number of anilines is 1. The third-order valence-corrected chi connectivity index (χ3v) is 5.54. The number of amides is 1. The average Bonchev–Trinajstić information content (AvgIpc) is 3.18. The second kappa shape index (κ2) is 8.55. The van der Waals surface area contributed by atoms with Crippen molar-refractivity contribution in [3.05, 3.63) is 72.3 Å². The minimum atomic E-state index is -0.232. The van der Waals surface area contributed by atoms with Gasteiger partial charge in [-0.25, -0.2) is 4.98 Å². The fraction of sp³-hybridized carbons (Fsp3) is 0.167. The molecule has 152 valence electrons. The maximum absolute atomic E-state index is 12.9. The van der Waals surface area contributed by atoms with Gasteiger partial charge < -0.3 is 14.8 Å². The molecule has 0 unspecified atom stereocenters. The van der Waals surface area contributed by atoms with Crippen molar-refractivity contribution < 1.29 is 14.3 Å². The van der Waals surface area contributed by atoms with Gasteiger partial charge in [0.05, 0.1) is 29.1 Å². The zero-order valence-electron chi connectivity index (χ0n) is 17.0. The van der Waals surface area contributed by atoms with Crippen LogP contribution in [0.3, 0.4) is 0 Å². The highest BCUT2D eigenvalue weighted by Gasteiger charge is 2.14. The molecule has 6 heteroatoms. The number of benzene rings is 3. The van der Waals surface area contributed by atoms with Gasteiger partial charge in [0.1, 0.15) is 16.5 Å². The Kier molecular flexibility index (Phi) is 5.68. The first kappa shape index (κ1) is 19.9. The Morgan fingerprint density at radius 1 is 1.03 bits per heavy atom. The van der Waals surface area contributed by atoms with Crippen molar-refractivity contribution in [1.29, 1.82) is 0 Å². The summed E-state index contributed by atoms with van der Waals surface area (Å²) in [5, 5.41) is 3.85. The fourth-order valence-electron chi connectivity index (χ4n) is 3.11. The number of methoxy groups -OCH3 is 1. The standard InChI is InChI=1S/C24H22N2O3S/c1-15(2)29-18-8-6-7-16(13-18)23(27)25-20-14-17(11-12-21(20)28-3)24-26-19-9-4-5-10-22(19)30-24/h4-15H,1-3H3,(H,25,27). The molecule has 30 heavy (non-hydrogen) atoms. The van der Waals surface area contributed by atoms with Crippen LogP contribution in [0, 0.1) is 0 Å². The van der Waals surface area contributed by atoms with Crippen molar-refractivity contribution in [2.24, 2.45) is 0 Å². The molecule has 0 atom stereocenters.